The molecule has 0 bridgehead atoms. The molecule has 100 valence electrons. The Balaban J connectivity index is 2.11. The number of thiazole rings is 1. The van der Waals surface area contributed by atoms with Crippen molar-refractivity contribution in [3.63, 3.8) is 0 Å². The lowest BCUT2D eigenvalue weighted by molar-refractivity contribution is -0.382. The fourth-order valence-corrected chi connectivity index (χ4v) is 3.17. The van der Waals surface area contributed by atoms with Crippen molar-refractivity contribution in [3.05, 3.63) is 27.8 Å². The number of rotatable bonds is 2. The molecule has 1 N–H and O–H groups in total. The number of nitrogens with one attached hydrogen (secondary N) is 1. The van der Waals surface area contributed by atoms with E-state index in [1.807, 2.05) is 12.1 Å². The van der Waals surface area contributed by atoms with Gasteiger partial charge in [-0.05, 0) is 19.1 Å². The van der Waals surface area contributed by atoms with E-state index in [1.54, 1.807) is 5.51 Å². The summed E-state index contributed by atoms with van der Waals surface area (Å²) in [5.41, 5.74) is 2.96. The van der Waals surface area contributed by atoms with Crippen molar-refractivity contribution < 1.29 is 4.92 Å². The highest BCUT2D eigenvalue weighted by molar-refractivity contribution is 7.16. The van der Waals surface area contributed by atoms with Crippen LogP contribution < -0.4 is 10.2 Å². The van der Waals surface area contributed by atoms with Gasteiger partial charge in [0.2, 0.25) is 0 Å². The van der Waals surface area contributed by atoms with Crippen molar-refractivity contribution >= 4 is 32.9 Å². The third-order valence-corrected chi connectivity index (χ3v) is 4.14. The van der Waals surface area contributed by atoms with Crippen molar-refractivity contribution in [3.8, 4) is 0 Å². The molecule has 7 heteroatoms. The monoisotopic (exact) mass is 278 g/mol. The van der Waals surface area contributed by atoms with Crippen LogP contribution in [0.5, 0.6) is 0 Å². The fraction of sp³-hybridized carbons (Fsp3) is 0.417. The first kappa shape index (κ1) is 12.3. The van der Waals surface area contributed by atoms with Crippen molar-refractivity contribution in [2.75, 3.05) is 24.5 Å². The SMILES string of the molecule is CC1CN(c2ccc3scnc3c2[N+](=O)[O-])CCN1. The molecule has 1 unspecified atom stereocenters. The number of anilines is 1. The van der Waals surface area contributed by atoms with Crippen LogP contribution in [-0.2, 0) is 0 Å². The molecule has 0 amide bonds. The second kappa shape index (κ2) is 4.75. The standard InChI is InChI=1S/C12H14N4O2S/c1-8-6-15(5-4-13-8)9-2-3-10-11(14-7-19-10)12(9)16(17)18/h2-3,7-8,13H,4-6H2,1H3. The van der Waals surface area contributed by atoms with E-state index >= 15 is 0 Å². The summed E-state index contributed by atoms with van der Waals surface area (Å²) in [7, 11) is 0. The molecule has 0 saturated carbocycles. The minimum atomic E-state index is -0.315. The average Bonchev–Trinajstić information content (AvgIpc) is 2.85. The lowest BCUT2D eigenvalue weighted by atomic mass is 10.1. The minimum Gasteiger partial charge on any atom is -0.363 e. The highest BCUT2D eigenvalue weighted by Crippen LogP contribution is 2.36. The molecule has 2 aromatic rings. The first-order valence-corrected chi connectivity index (χ1v) is 7.03. The van der Waals surface area contributed by atoms with Gasteiger partial charge < -0.3 is 10.2 Å². The zero-order valence-corrected chi connectivity index (χ0v) is 11.3. The Bertz CT molecular complexity index is 627. The highest BCUT2D eigenvalue weighted by atomic mass is 32.1. The predicted molar refractivity (Wildman–Crippen MR) is 76.0 cm³/mol. The van der Waals surface area contributed by atoms with Gasteiger partial charge in [-0.1, -0.05) is 0 Å². The summed E-state index contributed by atoms with van der Waals surface area (Å²) in [6.45, 7) is 4.48. The summed E-state index contributed by atoms with van der Waals surface area (Å²) >= 11 is 1.43. The van der Waals surface area contributed by atoms with Gasteiger partial charge in [0.05, 0.1) is 15.1 Å². The predicted octanol–water partition coefficient (Wildman–Crippen LogP) is 2.00. The molecule has 0 aliphatic carbocycles. The maximum atomic E-state index is 11.4. The summed E-state index contributed by atoms with van der Waals surface area (Å²) in [5.74, 6) is 0. The topological polar surface area (TPSA) is 71.3 Å². The normalized spacial score (nSPS) is 19.8. The molecular formula is C12H14N4O2S. The Morgan fingerprint density at radius 1 is 1.58 bits per heavy atom. The number of nitrogens with zero attached hydrogens (tertiary/aromatic N) is 3. The lowest BCUT2D eigenvalue weighted by Crippen LogP contribution is -2.49. The number of fused-ring (bicyclic) bond motifs is 1. The third kappa shape index (κ3) is 2.15. The summed E-state index contributed by atoms with van der Waals surface area (Å²) in [6, 6.07) is 4.10. The van der Waals surface area contributed by atoms with Gasteiger partial charge >= 0.3 is 5.69 Å². The van der Waals surface area contributed by atoms with Crippen LogP contribution in [0.4, 0.5) is 11.4 Å². The van der Waals surface area contributed by atoms with Gasteiger partial charge in [0.25, 0.3) is 0 Å². The van der Waals surface area contributed by atoms with E-state index < -0.39 is 0 Å². The summed E-state index contributed by atoms with van der Waals surface area (Å²) in [4.78, 5) is 17.3. The van der Waals surface area contributed by atoms with Crippen LogP contribution >= 0.6 is 11.3 Å². The van der Waals surface area contributed by atoms with E-state index in [0.717, 1.165) is 24.3 Å². The number of aromatic nitrogens is 1. The molecular weight excluding hydrogens is 264 g/mol. The van der Waals surface area contributed by atoms with Crippen molar-refractivity contribution in [1.82, 2.24) is 10.3 Å². The number of piperazine rings is 1. The number of benzene rings is 1. The largest absolute Gasteiger partial charge is 0.363 e. The molecule has 1 atom stereocenters. The highest BCUT2D eigenvalue weighted by Gasteiger charge is 2.26. The Kier molecular flexibility index (Phi) is 3.08. The summed E-state index contributed by atoms with van der Waals surface area (Å²) in [5, 5.41) is 14.7. The second-order valence-electron chi connectivity index (χ2n) is 4.69. The molecule has 2 heterocycles. The molecule has 0 radical (unpaired) electrons. The minimum absolute atomic E-state index is 0.132. The molecule has 1 aliphatic heterocycles. The maximum Gasteiger partial charge on any atom is 0.319 e. The van der Waals surface area contributed by atoms with E-state index in [0.29, 0.717) is 17.2 Å². The quantitative estimate of drug-likeness (QED) is 0.672. The van der Waals surface area contributed by atoms with E-state index in [4.69, 9.17) is 0 Å². The van der Waals surface area contributed by atoms with Crippen molar-refractivity contribution in [1.29, 1.82) is 0 Å². The Labute approximate surface area is 114 Å². The third-order valence-electron chi connectivity index (χ3n) is 3.35. The van der Waals surface area contributed by atoms with Crippen LogP contribution in [0.2, 0.25) is 0 Å². The average molecular weight is 278 g/mol. The first-order valence-electron chi connectivity index (χ1n) is 6.15. The molecule has 1 aliphatic rings. The van der Waals surface area contributed by atoms with Crippen molar-refractivity contribution in [2.45, 2.75) is 13.0 Å². The Hall–Kier alpha value is -1.73. The molecule has 6 nitrogen and oxygen atoms in total. The number of hydrogen-bond acceptors (Lipinski definition) is 6. The van der Waals surface area contributed by atoms with Gasteiger partial charge in [0.15, 0.2) is 5.52 Å². The first-order chi connectivity index (χ1) is 9.16. The number of hydrogen-bond donors (Lipinski definition) is 1. The zero-order valence-electron chi connectivity index (χ0n) is 10.5. The van der Waals surface area contributed by atoms with Gasteiger partial charge in [-0.2, -0.15) is 0 Å². The van der Waals surface area contributed by atoms with E-state index in [9.17, 15) is 10.1 Å². The molecule has 0 spiro atoms. The van der Waals surface area contributed by atoms with E-state index in [2.05, 4.69) is 22.1 Å². The van der Waals surface area contributed by atoms with Crippen LogP contribution in [-0.4, -0.2) is 35.6 Å². The smallest absolute Gasteiger partial charge is 0.319 e. The van der Waals surface area contributed by atoms with Crippen LogP contribution in [0.15, 0.2) is 17.6 Å². The summed E-state index contributed by atoms with van der Waals surface area (Å²) < 4.78 is 0.860. The fourth-order valence-electron chi connectivity index (χ4n) is 2.49. The molecule has 3 rings (SSSR count). The van der Waals surface area contributed by atoms with Crippen LogP contribution in [0, 0.1) is 10.1 Å². The van der Waals surface area contributed by atoms with Crippen LogP contribution in [0.3, 0.4) is 0 Å². The lowest BCUT2D eigenvalue weighted by Gasteiger charge is -2.33. The van der Waals surface area contributed by atoms with E-state index in [1.165, 1.54) is 11.3 Å². The molecule has 1 fully saturated rings. The van der Waals surface area contributed by atoms with Gasteiger partial charge in [-0.3, -0.25) is 10.1 Å². The maximum absolute atomic E-state index is 11.4. The summed E-state index contributed by atoms with van der Waals surface area (Å²) in [6.07, 6.45) is 0. The molecule has 1 aromatic heterocycles. The Morgan fingerprint density at radius 3 is 3.16 bits per heavy atom. The second-order valence-corrected chi connectivity index (χ2v) is 5.58. The van der Waals surface area contributed by atoms with Gasteiger partial charge in [-0.15, -0.1) is 11.3 Å². The molecule has 1 saturated heterocycles. The van der Waals surface area contributed by atoms with Crippen molar-refractivity contribution in [2.24, 2.45) is 0 Å². The zero-order chi connectivity index (χ0) is 13.4. The van der Waals surface area contributed by atoms with Gasteiger partial charge in [0.1, 0.15) is 5.69 Å². The number of nitro benzene ring substituents is 1. The van der Waals surface area contributed by atoms with E-state index in [-0.39, 0.29) is 10.6 Å². The van der Waals surface area contributed by atoms with Gasteiger partial charge in [0, 0.05) is 25.7 Å². The van der Waals surface area contributed by atoms with Gasteiger partial charge in [-0.25, -0.2) is 4.98 Å². The van der Waals surface area contributed by atoms with Crippen LogP contribution in [0.1, 0.15) is 6.92 Å². The Morgan fingerprint density at radius 2 is 2.42 bits per heavy atom. The number of nitro groups is 1. The molecule has 19 heavy (non-hydrogen) atoms. The molecule has 1 aromatic carbocycles. The van der Waals surface area contributed by atoms with Crippen LogP contribution in [0.25, 0.3) is 10.2 Å².